The van der Waals surface area contributed by atoms with E-state index in [4.69, 9.17) is 21.1 Å². The van der Waals surface area contributed by atoms with Crippen LogP contribution in [0.5, 0.6) is 5.75 Å². The van der Waals surface area contributed by atoms with E-state index in [1.807, 2.05) is 19.0 Å². The summed E-state index contributed by atoms with van der Waals surface area (Å²) in [5, 5.41) is 0.480. The van der Waals surface area contributed by atoms with Gasteiger partial charge in [0.1, 0.15) is 12.4 Å². The molecule has 1 aromatic carbocycles. The summed E-state index contributed by atoms with van der Waals surface area (Å²) in [6, 6.07) is 6.99. The van der Waals surface area contributed by atoms with Crippen molar-refractivity contribution in [2.45, 2.75) is 0 Å². The highest BCUT2D eigenvalue weighted by Gasteiger charge is 2.06. The Labute approximate surface area is 106 Å². The van der Waals surface area contributed by atoms with Gasteiger partial charge in [-0.05, 0) is 26.2 Å². The second-order valence-electron chi connectivity index (χ2n) is 3.74. The monoisotopic (exact) mass is 257 g/mol. The Morgan fingerprint density at radius 1 is 1.35 bits per heavy atom. The number of benzene rings is 1. The Hall–Kier alpha value is -1.26. The van der Waals surface area contributed by atoms with Gasteiger partial charge in [-0.2, -0.15) is 0 Å². The van der Waals surface area contributed by atoms with E-state index < -0.39 is 5.97 Å². The van der Waals surface area contributed by atoms with E-state index in [0.717, 1.165) is 0 Å². The molecule has 0 bridgehead atoms. The number of halogens is 1. The number of nitrogens with zero attached hydrogens (tertiary/aromatic N) is 1. The number of likely N-dealkylation sites (N-methyl/N-ethyl adjacent to an activating group) is 1. The minimum absolute atomic E-state index is 0.128. The molecule has 0 saturated carbocycles. The highest BCUT2D eigenvalue weighted by Crippen LogP contribution is 2.22. The Kier molecular flexibility index (Phi) is 5.80. The van der Waals surface area contributed by atoms with Crippen LogP contribution in [0.2, 0.25) is 5.02 Å². The van der Waals surface area contributed by atoms with Crippen LogP contribution in [0.25, 0.3) is 0 Å². The molecule has 1 aromatic rings. The van der Waals surface area contributed by atoms with Gasteiger partial charge in [-0.3, -0.25) is 0 Å². The standard InChI is InChI=1S/C12H16ClNO3/c1-14(2)7-8-16-12(15)9-17-11-6-4-3-5-10(11)13/h3-6H,7-9H2,1-2H3. The van der Waals surface area contributed by atoms with Crippen LogP contribution >= 0.6 is 11.6 Å². The third kappa shape index (κ3) is 5.56. The second-order valence-corrected chi connectivity index (χ2v) is 4.15. The maximum absolute atomic E-state index is 11.3. The van der Waals surface area contributed by atoms with Gasteiger partial charge in [-0.15, -0.1) is 0 Å². The Morgan fingerprint density at radius 2 is 2.06 bits per heavy atom. The third-order valence-electron chi connectivity index (χ3n) is 1.98. The van der Waals surface area contributed by atoms with Crippen LogP contribution in [0.4, 0.5) is 0 Å². The number of ether oxygens (including phenoxy) is 2. The summed E-state index contributed by atoms with van der Waals surface area (Å²) in [5.41, 5.74) is 0. The van der Waals surface area contributed by atoms with Gasteiger partial charge >= 0.3 is 5.97 Å². The number of rotatable bonds is 6. The average molecular weight is 258 g/mol. The van der Waals surface area contributed by atoms with Gasteiger partial charge in [-0.1, -0.05) is 23.7 Å². The average Bonchev–Trinajstić information content (AvgIpc) is 2.27. The van der Waals surface area contributed by atoms with Gasteiger partial charge in [0.05, 0.1) is 5.02 Å². The first-order chi connectivity index (χ1) is 8.09. The molecule has 0 radical (unpaired) electrons. The van der Waals surface area contributed by atoms with Crippen molar-refractivity contribution in [3.63, 3.8) is 0 Å². The molecule has 0 aliphatic heterocycles. The van der Waals surface area contributed by atoms with Crippen LogP contribution in [0, 0.1) is 0 Å². The number of esters is 1. The number of hydrogen-bond donors (Lipinski definition) is 0. The maximum Gasteiger partial charge on any atom is 0.344 e. The first kappa shape index (κ1) is 13.8. The SMILES string of the molecule is CN(C)CCOC(=O)COc1ccccc1Cl. The minimum Gasteiger partial charge on any atom is -0.480 e. The molecule has 0 fully saturated rings. The molecule has 17 heavy (non-hydrogen) atoms. The number of hydrogen-bond acceptors (Lipinski definition) is 4. The quantitative estimate of drug-likeness (QED) is 0.729. The molecule has 5 heteroatoms. The summed E-state index contributed by atoms with van der Waals surface area (Å²) in [6.07, 6.45) is 0. The van der Waals surface area contributed by atoms with Crippen molar-refractivity contribution in [3.05, 3.63) is 29.3 Å². The summed E-state index contributed by atoms with van der Waals surface area (Å²) in [5.74, 6) is 0.0884. The molecule has 0 aromatic heterocycles. The second kappa shape index (κ2) is 7.14. The van der Waals surface area contributed by atoms with Crippen molar-refractivity contribution in [2.24, 2.45) is 0 Å². The summed E-state index contributed by atoms with van der Waals surface area (Å²) in [4.78, 5) is 13.2. The zero-order chi connectivity index (χ0) is 12.7. The van der Waals surface area contributed by atoms with Crippen molar-refractivity contribution < 1.29 is 14.3 Å². The van der Waals surface area contributed by atoms with E-state index in [1.165, 1.54) is 0 Å². The van der Waals surface area contributed by atoms with Crippen LogP contribution in [-0.2, 0) is 9.53 Å². The Balaban J connectivity index is 2.26. The first-order valence-electron chi connectivity index (χ1n) is 5.27. The highest BCUT2D eigenvalue weighted by molar-refractivity contribution is 6.32. The predicted molar refractivity (Wildman–Crippen MR) is 66.5 cm³/mol. The predicted octanol–water partition coefficient (Wildman–Crippen LogP) is 1.82. The molecular formula is C12H16ClNO3. The lowest BCUT2D eigenvalue weighted by Crippen LogP contribution is -2.22. The molecule has 0 heterocycles. The van der Waals surface area contributed by atoms with E-state index in [9.17, 15) is 4.79 Å². The molecule has 0 N–H and O–H groups in total. The summed E-state index contributed by atoms with van der Waals surface area (Å²) < 4.78 is 10.2. The van der Waals surface area contributed by atoms with E-state index in [2.05, 4.69) is 0 Å². The van der Waals surface area contributed by atoms with Gasteiger partial charge in [0, 0.05) is 6.54 Å². The molecule has 94 valence electrons. The van der Waals surface area contributed by atoms with Crippen LogP contribution in [-0.4, -0.2) is 44.7 Å². The maximum atomic E-state index is 11.3. The molecular weight excluding hydrogens is 242 g/mol. The fourth-order valence-electron chi connectivity index (χ4n) is 1.08. The van der Waals surface area contributed by atoms with Crippen LogP contribution in [0.15, 0.2) is 24.3 Å². The lowest BCUT2D eigenvalue weighted by Gasteiger charge is -2.10. The van der Waals surface area contributed by atoms with Gasteiger partial charge in [0.2, 0.25) is 0 Å². The fraction of sp³-hybridized carbons (Fsp3) is 0.417. The summed E-state index contributed by atoms with van der Waals surface area (Å²) >= 11 is 5.87. The summed E-state index contributed by atoms with van der Waals surface area (Å²) in [7, 11) is 3.82. The van der Waals surface area contributed by atoms with Gasteiger partial charge < -0.3 is 14.4 Å². The molecule has 1 rings (SSSR count). The van der Waals surface area contributed by atoms with Crippen molar-refractivity contribution in [3.8, 4) is 5.75 Å². The number of carbonyl (C=O) groups is 1. The molecule has 0 atom stereocenters. The van der Waals surface area contributed by atoms with Crippen molar-refractivity contribution in [1.82, 2.24) is 4.90 Å². The lowest BCUT2D eigenvalue weighted by molar-refractivity contribution is -0.146. The van der Waals surface area contributed by atoms with Crippen molar-refractivity contribution in [1.29, 1.82) is 0 Å². The van der Waals surface area contributed by atoms with Gasteiger partial charge in [0.25, 0.3) is 0 Å². The molecule has 0 unspecified atom stereocenters. The van der Waals surface area contributed by atoms with Crippen LogP contribution in [0.1, 0.15) is 0 Å². The number of carbonyl (C=O) groups excluding carboxylic acids is 1. The number of para-hydroxylation sites is 1. The highest BCUT2D eigenvalue weighted by atomic mass is 35.5. The molecule has 0 aliphatic carbocycles. The molecule has 0 saturated heterocycles. The van der Waals surface area contributed by atoms with E-state index in [0.29, 0.717) is 23.9 Å². The molecule has 0 amide bonds. The smallest absolute Gasteiger partial charge is 0.344 e. The van der Waals surface area contributed by atoms with Crippen molar-refractivity contribution >= 4 is 17.6 Å². The molecule has 4 nitrogen and oxygen atoms in total. The zero-order valence-corrected chi connectivity index (χ0v) is 10.7. The van der Waals surface area contributed by atoms with E-state index in [-0.39, 0.29) is 6.61 Å². The van der Waals surface area contributed by atoms with Crippen LogP contribution in [0.3, 0.4) is 0 Å². The Morgan fingerprint density at radius 3 is 2.71 bits per heavy atom. The van der Waals surface area contributed by atoms with Gasteiger partial charge in [-0.25, -0.2) is 4.79 Å². The topological polar surface area (TPSA) is 38.8 Å². The molecule has 0 spiro atoms. The zero-order valence-electron chi connectivity index (χ0n) is 9.98. The van der Waals surface area contributed by atoms with E-state index in [1.54, 1.807) is 24.3 Å². The normalized spacial score (nSPS) is 10.4. The van der Waals surface area contributed by atoms with Gasteiger partial charge in [0.15, 0.2) is 6.61 Å². The lowest BCUT2D eigenvalue weighted by atomic mass is 10.3. The fourth-order valence-corrected chi connectivity index (χ4v) is 1.27. The molecule has 0 aliphatic rings. The van der Waals surface area contributed by atoms with E-state index >= 15 is 0 Å². The van der Waals surface area contributed by atoms with Crippen molar-refractivity contribution in [2.75, 3.05) is 33.9 Å². The largest absolute Gasteiger partial charge is 0.480 e. The third-order valence-corrected chi connectivity index (χ3v) is 2.30. The Bertz CT molecular complexity index is 369. The first-order valence-corrected chi connectivity index (χ1v) is 5.65. The minimum atomic E-state index is -0.397. The van der Waals surface area contributed by atoms with Crippen LogP contribution < -0.4 is 4.74 Å². The summed E-state index contributed by atoms with van der Waals surface area (Å²) in [6.45, 7) is 0.923.